The van der Waals surface area contributed by atoms with Gasteiger partial charge in [0.15, 0.2) is 12.6 Å². The molecule has 2 atom stereocenters. The number of methoxy groups -OCH3 is 2. The highest BCUT2D eigenvalue weighted by Crippen LogP contribution is 2.42. The predicted molar refractivity (Wildman–Crippen MR) is 54.8 cm³/mol. The van der Waals surface area contributed by atoms with Gasteiger partial charge < -0.3 is 24.6 Å². The zero-order valence-electron chi connectivity index (χ0n) is 9.00. The summed E-state index contributed by atoms with van der Waals surface area (Å²) in [5, 5.41) is 18.0. The van der Waals surface area contributed by atoms with Gasteiger partial charge in [-0.3, -0.25) is 4.57 Å². The molecule has 0 aliphatic heterocycles. The van der Waals surface area contributed by atoms with Gasteiger partial charge in [0.1, 0.15) is 0 Å². The molecule has 0 spiro atoms. The molecule has 0 aromatic rings. The fraction of sp³-hybridized carbons (Fsp3) is 1.00. The number of aliphatic hydroxyl groups excluding tert-OH is 2. The maximum atomic E-state index is 11.5. The van der Waals surface area contributed by atoms with Crippen LogP contribution >= 0.6 is 7.37 Å². The van der Waals surface area contributed by atoms with Gasteiger partial charge in [-0.2, -0.15) is 0 Å². The molecule has 0 rings (SSSR count). The highest BCUT2D eigenvalue weighted by Gasteiger charge is 2.21. The van der Waals surface area contributed by atoms with E-state index < -0.39 is 19.9 Å². The minimum Gasteiger partial charge on any atom is -0.368 e. The van der Waals surface area contributed by atoms with Crippen LogP contribution in [0, 0.1) is 0 Å². The third-order valence-electron chi connectivity index (χ3n) is 2.00. The van der Waals surface area contributed by atoms with Crippen LogP contribution in [0.5, 0.6) is 0 Å². The molecule has 0 saturated heterocycles. The lowest BCUT2D eigenvalue weighted by Gasteiger charge is -2.15. The van der Waals surface area contributed by atoms with E-state index in [0.717, 1.165) is 0 Å². The Bertz CT molecular complexity index is 191. The molecule has 0 saturated carbocycles. The molecular formula is C8H19O6P. The Hall–Kier alpha value is 0.0300. The minimum atomic E-state index is -3.31. The van der Waals surface area contributed by atoms with Crippen molar-refractivity contribution in [2.24, 2.45) is 0 Å². The summed E-state index contributed by atoms with van der Waals surface area (Å²) in [6.07, 6.45) is -1.88. The Morgan fingerprint density at radius 1 is 1.07 bits per heavy atom. The van der Waals surface area contributed by atoms with E-state index in [1.54, 1.807) is 0 Å². The average Bonchev–Trinajstić information content (AvgIpc) is 2.22. The molecule has 0 bridgehead atoms. The van der Waals surface area contributed by atoms with Crippen molar-refractivity contribution < 1.29 is 29.1 Å². The molecule has 15 heavy (non-hydrogen) atoms. The molecule has 0 amide bonds. The summed E-state index contributed by atoms with van der Waals surface area (Å²) in [5.74, 6) is 0. The Morgan fingerprint density at radius 3 is 1.67 bits per heavy atom. The molecular weight excluding hydrogens is 223 g/mol. The molecule has 2 unspecified atom stereocenters. The standard InChI is InChI=1S/C8H19O6P/c1-13-7(9)3-5-15(11,12)6-4-8(10)14-2/h7-10H,3-6H2,1-2H3,(H,11,12). The number of hydrogen-bond acceptors (Lipinski definition) is 5. The maximum Gasteiger partial charge on any atom is 0.201 e. The van der Waals surface area contributed by atoms with Crippen molar-refractivity contribution in [1.82, 2.24) is 0 Å². The SMILES string of the molecule is COC(O)CCP(=O)(O)CCC(O)OC. The lowest BCUT2D eigenvalue weighted by Crippen LogP contribution is -2.14. The first-order valence-electron chi connectivity index (χ1n) is 4.64. The van der Waals surface area contributed by atoms with Crippen molar-refractivity contribution in [3.05, 3.63) is 0 Å². The Labute approximate surface area is 89.3 Å². The van der Waals surface area contributed by atoms with Crippen molar-refractivity contribution in [2.75, 3.05) is 26.5 Å². The van der Waals surface area contributed by atoms with Crippen LogP contribution in [-0.4, -0.2) is 54.2 Å². The largest absolute Gasteiger partial charge is 0.368 e. The number of aliphatic hydroxyl groups is 2. The van der Waals surface area contributed by atoms with Gasteiger partial charge in [0.05, 0.1) is 0 Å². The van der Waals surface area contributed by atoms with Crippen LogP contribution in [0.3, 0.4) is 0 Å². The molecule has 6 nitrogen and oxygen atoms in total. The van der Waals surface area contributed by atoms with Gasteiger partial charge in [-0.25, -0.2) is 0 Å². The summed E-state index contributed by atoms with van der Waals surface area (Å²) < 4.78 is 20.6. The predicted octanol–water partition coefficient (Wildman–Crippen LogP) is -0.0334. The van der Waals surface area contributed by atoms with E-state index in [1.807, 2.05) is 0 Å². The fourth-order valence-corrected chi connectivity index (χ4v) is 2.44. The summed E-state index contributed by atoms with van der Waals surface area (Å²) in [5.41, 5.74) is 0. The van der Waals surface area contributed by atoms with Crippen molar-refractivity contribution >= 4 is 7.37 Å². The molecule has 0 radical (unpaired) electrons. The number of ether oxygens (including phenoxy) is 2. The summed E-state index contributed by atoms with van der Waals surface area (Å²) >= 11 is 0. The first kappa shape index (κ1) is 15.0. The van der Waals surface area contributed by atoms with Crippen LogP contribution in [-0.2, 0) is 14.0 Å². The highest BCUT2D eigenvalue weighted by atomic mass is 31.2. The Kier molecular flexibility index (Phi) is 7.34. The lowest BCUT2D eigenvalue weighted by atomic mass is 10.5. The van der Waals surface area contributed by atoms with Crippen molar-refractivity contribution in [3.63, 3.8) is 0 Å². The maximum absolute atomic E-state index is 11.5. The molecule has 0 aromatic carbocycles. The van der Waals surface area contributed by atoms with Crippen LogP contribution in [0.2, 0.25) is 0 Å². The van der Waals surface area contributed by atoms with Crippen LogP contribution in [0.15, 0.2) is 0 Å². The lowest BCUT2D eigenvalue weighted by molar-refractivity contribution is -0.0756. The number of rotatable bonds is 8. The van der Waals surface area contributed by atoms with E-state index in [4.69, 9.17) is 10.2 Å². The molecule has 0 fully saturated rings. The van der Waals surface area contributed by atoms with E-state index in [2.05, 4.69) is 9.47 Å². The first-order valence-corrected chi connectivity index (χ1v) is 6.67. The Morgan fingerprint density at radius 2 is 1.40 bits per heavy atom. The zero-order chi connectivity index (χ0) is 11.9. The minimum absolute atomic E-state index is 0.0293. The van der Waals surface area contributed by atoms with Gasteiger partial charge in [0.25, 0.3) is 0 Å². The quantitative estimate of drug-likeness (QED) is 0.408. The molecule has 0 aliphatic carbocycles. The fourth-order valence-electron chi connectivity index (χ4n) is 0.972. The summed E-state index contributed by atoms with van der Waals surface area (Å²) in [6, 6.07) is 0. The molecule has 0 aliphatic rings. The van der Waals surface area contributed by atoms with Gasteiger partial charge in [0, 0.05) is 39.4 Å². The summed E-state index contributed by atoms with van der Waals surface area (Å²) in [6.45, 7) is 0. The summed E-state index contributed by atoms with van der Waals surface area (Å²) in [7, 11) is -0.664. The van der Waals surface area contributed by atoms with Crippen molar-refractivity contribution in [1.29, 1.82) is 0 Å². The molecule has 3 N–H and O–H groups in total. The Balaban J connectivity index is 3.81. The monoisotopic (exact) mass is 242 g/mol. The van der Waals surface area contributed by atoms with Crippen molar-refractivity contribution in [3.8, 4) is 0 Å². The van der Waals surface area contributed by atoms with E-state index in [9.17, 15) is 9.46 Å². The molecule has 0 aromatic heterocycles. The normalized spacial score (nSPS) is 19.5. The van der Waals surface area contributed by atoms with E-state index >= 15 is 0 Å². The average molecular weight is 242 g/mol. The van der Waals surface area contributed by atoms with E-state index in [0.29, 0.717) is 0 Å². The summed E-state index contributed by atoms with van der Waals surface area (Å²) in [4.78, 5) is 9.43. The topological polar surface area (TPSA) is 96.2 Å². The molecule has 0 heterocycles. The second kappa shape index (κ2) is 7.33. The second-order valence-electron chi connectivity index (χ2n) is 3.25. The van der Waals surface area contributed by atoms with Gasteiger partial charge >= 0.3 is 0 Å². The van der Waals surface area contributed by atoms with Crippen LogP contribution in [0.25, 0.3) is 0 Å². The van der Waals surface area contributed by atoms with Gasteiger partial charge in [-0.05, 0) is 0 Å². The van der Waals surface area contributed by atoms with E-state index in [1.165, 1.54) is 14.2 Å². The number of hydrogen-bond donors (Lipinski definition) is 3. The third kappa shape index (κ3) is 7.90. The van der Waals surface area contributed by atoms with Crippen LogP contribution in [0.1, 0.15) is 12.8 Å². The first-order chi connectivity index (χ1) is 6.91. The van der Waals surface area contributed by atoms with E-state index in [-0.39, 0.29) is 25.2 Å². The smallest absolute Gasteiger partial charge is 0.201 e. The van der Waals surface area contributed by atoms with Crippen LogP contribution in [0.4, 0.5) is 0 Å². The second-order valence-corrected chi connectivity index (χ2v) is 5.84. The van der Waals surface area contributed by atoms with Gasteiger partial charge in [-0.1, -0.05) is 0 Å². The molecule has 92 valence electrons. The highest BCUT2D eigenvalue weighted by molar-refractivity contribution is 7.57. The zero-order valence-corrected chi connectivity index (χ0v) is 9.89. The van der Waals surface area contributed by atoms with Gasteiger partial charge in [0.2, 0.25) is 7.37 Å². The van der Waals surface area contributed by atoms with Crippen molar-refractivity contribution in [2.45, 2.75) is 25.4 Å². The third-order valence-corrected chi connectivity index (χ3v) is 3.91. The molecule has 7 heteroatoms. The van der Waals surface area contributed by atoms with Gasteiger partial charge in [-0.15, -0.1) is 0 Å². The van der Waals surface area contributed by atoms with Crippen LogP contribution < -0.4 is 0 Å².